The van der Waals surface area contributed by atoms with E-state index >= 15 is 0 Å². The van der Waals surface area contributed by atoms with Crippen molar-refractivity contribution in [2.45, 2.75) is 50.2 Å². The molecule has 3 aliphatic rings. The third kappa shape index (κ3) is 2.69. The fourth-order valence-electron chi connectivity index (χ4n) is 4.40. The van der Waals surface area contributed by atoms with Gasteiger partial charge in [-0.1, -0.05) is 0 Å². The molecule has 126 valence electrons. The van der Waals surface area contributed by atoms with Crippen molar-refractivity contribution in [1.29, 1.82) is 0 Å². The molecule has 6 heteroatoms. The van der Waals surface area contributed by atoms with Crippen molar-refractivity contribution in [2.75, 3.05) is 32.2 Å². The minimum absolute atomic E-state index is 0.267. The van der Waals surface area contributed by atoms with Gasteiger partial charge in [0.2, 0.25) is 0 Å². The first-order valence-electron chi connectivity index (χ1n) is 8.60. The lowest BCUT2D eigenvalue weighted by atomic mass is 9.88. The second kappa shape index (κ2) is 6.26. The van der Waals surface area contributed by atoms with E-state index in [1.54, 1.807) is 13.3 Å². The fourth-order valence-corrected chi connectivity index (χ4v) is 4.40. The number of anilines is 1. The van der Waals surface area contributed by atoms with E-state index in [2.05, 4.69) is 26.2 Å². The minimum Gasteiger partial charge on any atom is -0.495 e. The number of nitrogens with one attached hydrogen (secondary N) is 1. The smallest absolute Gasteiger partial charge is 0.139 e. The van der Waals surface area contributed by atoms with E-state index in [9.17, 15) is 0 Å². The summed E-state index contributed by atoms with van der Waals surface area (Å²) in [6.45, 7) is 2.21. The average Bonchev–Trinajstić information content (AvgIpc) is 2.99. The molecule has 0 aromatic carbocycles. The van der Waals surface area contributed by atoms with Gasteiger partial charge in [0.15, 0.2) is 0 Å². The van der Waals surface area contributed by atoms with Crippen LogP contribution in [0, 0.1) is 0 Å². The van der Waals surface area contributed by atoms with E-state index in [-0.39, 0.29) is 6.29 Å². The summed E-state index contributed by atoms with van der Waals surface area (Å²) in [6, 6.07) is 3.24. The summed E-state index contributed by atoms with van der Waals surface area (Å²) < 4.78 is 11.0. The third-order valence-electron chi connectivity index (χ3n) is 5.58. The molecule has 0 radical (unpaired) electrons. The Hall–Kier alpha value is -1.37. The molecular weight excluding hydrogens is 292 g/mol. The lowest BCUT2D eigenvalue weighted by Crippen LogP contribution is -2.56. The van der Waals surface area contributed by atoms with Gasteiger partial charge in [-0.3, -0.25) is 15.2 Å². The second-order valence-electron chi connectivity index (χ2n) is 6.75. The Morgan fingerprint density at radius 2 is 2.13 bits per heavy atom. The maximum absolute atomic E-state index is 5.63. The number of rotatable bonds is 3. The molecule has 2 saturated heterocycles. The first kappa shape index (κ1) is 15.2. The SMILES string of the molecule is COc1cncc(N2CCCN3C4CC(OC)CCC4NC23)c1. The zero-order valence-corrected chi connectivity index (χ0v) is 13.9. The summed E-state index contributed by atoms with van der Waals surface area (Å²) in [5.74, 6) is 0.814. The van der Waals surface area contributed by atoms with E-state index in [1.807, 2.05) is 13.3 Å². The topological polar surface area (TPSA) is 49.9 Å². The molecular formula is C17H26N4O2. The van der Waals surface area contributed by atoms with E-state index in [1.165, 1.54) is 12.8 Å². The van der Waals surface area contributed by atoms with E-state index in [0.717, 1.165) is 37.4 Å². The monoisotopic (exact) mass is 318 g/mol. The Labute approximate surface area is 137 Å². The van der Waals surface area contributed by atoms with Gasteiger partial charge in [-0.05, 0) is 25.7 Å². The Kier molecular flexibility index (Phi) is 4.13. The van der Waals surface area contributed by atoms with Gasteiger partial charge in [0.25, 0.3) is 0 Å². The number of hydrogen-bond donors (Lipinski definition) is 1. The number of methoxy groups -OCH3 is 2. The van der Waals surface area contributed by atoms with Crippen LogP contribution >= 0.6 is 0 Å². The first-order chi connectivity index (χ1) is 11.3. The van der Waals surface area contributed by atoms with Crippen LogP contribution in [0.4, 0.5) is 5.69 Å². The van der Waals surface area contributed by atoms with Crippen molar-refractivity contribution in [1.82, 2.24) is 15.2 Å². The van der Waals surface area contributed by atoms with Crippen molar-refractivity contribution in [3.63, 3.8) is 0 Å². The van der Waals surface area contributed by atoms with Gasteiger partial charge in [-0.25, -0.2) is 0 Å². The Morgan fingerprint density at radius 1 is 1.22 bits per heavy atom. The van der Waals surface area contributed by atoms with Crippen LogP contribution in [-0.4, -0.2) is 61.7 Å². The van der Waals surface area contributed by atoms with Crippen molar-refractivity contribution in [3.05, 3.63) is 18.5 Å². The summed E-state index contributed by atoms with van der Waals surface area (Å²) >= 11 is 0. The quantitative estimate of drug-likeness (QED) is 0.910. The van der Waals surface area contributed by atoms with Crippen LogP contribution in [-0.2, 0) is 4.74 Å². The molecule has 3 heterocycles. The lowest BCUT2D eigenvalue weighted by Gasteiger charge is -2.43. The highest BCUT2D eigenvalue weighted by atomic mass is 16.5. The van der Waals surface area contributed by atoms with Gasteiger partial charge < -0.3 is 14.4 Å². The maximum atomic E-state index is 5.63. The van der Waals surface area contributed by atoms with Crippen LogP contribution in [0.5, 0.6) is 5.75 Å². The van der Waals surface area contributed by atoms with E-state index in [4.69, 9.17) is 9.47 Å². The molecule has 0 bridgehead atoms. The molecule has 4 rings (SSSR count). The molecule has 0 amide bonds. The molecule has 4 unspecified atom stereocenters. The number of aromatic nitrogens is 1. The number of fused-ring (bicyclic) bond motifs is 3. The predicted molar refractivity (Wildman–Crippen MR) is 88.6 cm³/mol. The van der Waals surface area contributed by atoms with Crippen molar-refractivity contribution in [2.24, 2.45) is 0 Å². The molecule has 1 saturated carbocycles. The zero-order chi connectivity index (χ0) is 15.8. The Balaban J connectivity index is 1.57. The second-order valence-corrected chi connectivity index (χ2v) is 6.75. The molecule has 23 heavy (non-hydrogen) atoms. The van der Waals surface area contributed by atoms with Gasteiger partial charge in [-0.15, -0.1) is 0 Å². The Bertz CT molecular complexity index is 555. The number of pyridine rings is 1. The third-order valence-corrected chi connectivity index (χ3v) is 5.58. The largest absolute Gasteiger partial charge is 0.495 e. The molecule has 1 aromatic heterocycles. The summed E-state index contributed by atoms with van der Waals surface area (Å²) in [4.78, 5) is 9.38. The van der Waals surface area contributed by atoms with Gasteiger partial charge in [0.1, 0.15) is 12.0 Å². The molecule has 1 aromatic rings. The highest BCUT2D eigenvalue weighted by molar-refractivity contribution is 5.49. The van der Waals surface area contributed by atoms with E-state index < -0.39 is 0 Å². The molecule has 4 atom stereocenters. The summed E-state index contributed by atoms with van der Waals surface area (Å²) in [5, 5.41) is 3.85. The molecule has 3 fully saturated rings. The van der Waals surface area contributed by atoms with Crippen LogP contribution < -0.4 is 15.0 Å². The van der Waals surface area contributed by atoms with Gasteiger partial charge in [0, 0.05) is 38.3 Å². The molecule has 0 spiro atoms. The molecule has 1 aliphatic carbocycles. The van der Waals surface area contributed by atoms with Crippen molar-refractivity contribution in [3.8, 4) is 5.75 Å². The van der Waals surface area contributed by atoms with Crippen molar-refractivity contribution >= 4 is 5.69 Å². The lowest BCUT2D eigenvalue weighted by molar-refractivity contribution is 0.0305. The molecule has 1 N–H and O–H groups in total. The summed E-state index contributed by atoms with van der Waals surface area (Å²) in [6.07, 6.45) is 9.04. The van der Waals surface area contributed by atoms with Crippen LogP contribution in [0.2, 0.25) is 0 Å². The van der Waals surface area contributed by atoms with E-state index in [0.29, 0.717) is 18.2 Å². The first-order valence-corrected chi connectivity index (χ1v) is 8.60. The Morgan fingerprint density at radius 3 is 2.96 bits per heavy atom. The summed E-state index contributed by atoms with van der Waals surface area (Å²) in [7, 11) is 3.53. The standard InChI is InChI=1S/C17H26N4O2/c1-22-13-4-5-15-16(9-13)21-7-3-6-20(17(21)19-15)12-8-14(23-2)11-18-10-12/h8,10-11,13,15-17,19H,3-7,9H2,1-2H3. The maximum Gasteiger partial charge on any atom is 0.139 e. The van der Waals surface area contributed by atoms with Crippen LogP contribution in [0.1, 0.15) is 25.7 Å². The van der Waals surface area contributed by atoms with Gasteiger partial charge in [-0.2, -0.15) is 0 Å². The predicted octanol–water partition coefficient (Wildman–Crippen LogP) is 1.43. The van der Waals surface area contributed by atoms with Crippen LogP contribution in [0.15, 0.2) is 18.5 Å². The zero-order valence-electron chi connectivity index (χ0n) is 13.9. The molecule has 6 nitrogen and oxygen atoms in total. The number of hydrogen-bond acceptors (Lipinski definition) is 6. The highest BCUT2D eigenvalue weighted by Crippen LogP contribution is 2.36. The van der Waals surface area contributed by atoms with Gasteiger partial charge in [0.05, 0.1) is 31.3 Å². The average molecular weight is 318 g/mol. The highest BCUT2D eigenvalue weighted by Gasteiger charge is 2.47. The number of nitrogens with zero attached hydrogens (tertiary/aromatic N) is 3. The van der Waals surface area contributed by atoms with Crippen LogP contribution in [0.25, 0.3) is 0 Å². The normalized spacial score (nSPS) is 34.1. The van der Waals surface area contributed by atoms with Crippen molar-refractivity contribution < 1.29 is 9.47 Å². The fraction of sp³-hybridized carbons (Fsp3) is 0.706. The molecule has 2 aliphatic heterocycles. The minimum atomic E-state index is 0.267. The van der Waals surface area contributed by atoms with Crippen LogP contribution in [0.3, 0.4) is 0 Å². The number of ether oxygens (including phenoxy) is 2. The summed E-state index contributed by atoms with van der Waals surface area (Å²) in [5.41, 5.74) is 1.13. The van der Waals surface area contributed by atoms with Gasteiger partial charge >= 0.3 is 0 Å².